The van der Waals surface area contributed by atoms with E-state index in [0.717, 1.165) is 0 Å². The molecule has 1 atom stereocenters. The van der Waals surface area contributed by atoms with Crippen molar-refractivity contribution in [3.05, 3.63) is 21.0 Å². The maximum absolute atomic E-state index is 11.2. The summed E-state index contributed by atoms with van der Waals surface area (Å²) in [5, 5.41) is 13.0. The van der Waals surface area contributed by atoms with Crippen molar-refractivity contribution in [3.63, 3.8) is 0 Å². The van der Waals surface area contributed by atoms with Gasteiger partial charge in [0.15, 0.2) is 0 Å². The molecule has 0 fully saturated rings. The fraction of sp³-hybridized carbons (Fsp3) is 0.571. The summed E-state index contributed by atoms with van der Waals surface area (Å²) in [5.41, 5.74) is -1.46. The number of nitrogens with zero attached hydrogens (tertiary/aromatic N) is 1. The summed E-state index contributed by atoms with van der Waals surface area (Å²) >= 11 is 1.46. The van der Waals surface area contributed by atoms with E-state index >= 15 is 0 Å². The lowest BCUT2D eigenvalue weighted by Crippen LogP contribution is -2.35. The van der Waals surface area contributed by atoms with Crippen LogP contribution in [0.4, 0.5) is 0 Å². The third-order valence-corrected chi connectivity index (χ3v) is 2.55. The van der Waals surface area contributed by atoms with E-state index in [4.69, 9.17) is 5.11 Å². The Balaban J connectivity index is 3.04. The zero-order valence-corrected chi connectivity index (χ0v) is 8.84. The second-order valence-corrected chi connectivity index (χ2v) is 3.85. The molecule has 0 radical (unpaired) electrons. The first-order chi connectivity index (χ1) is 7.07. The highest BCUT2D eigenvalue weighted by Crippen LogP contribution is 2.10. The van der Waals surface area contributed by atoms with Gasteiger partial charge < -0.3 is 5.11 Å². The van der Waals surface area contributed by atoms with Gasteiger partial charge in [-0.3, -0.25) is 0 Å². The standard InChI is InChI=1S/C7H11N3O4S/c1-15-3-2-4(5(11)12)10-6(13)8-9-7(10)14/h4H,2-3H2,1H3,(H,8,13)(H,9,14)(H,11,12). The lowest BCUT2D eigenvalue weighted by atomic mass is 10.2. The van der Waals surface area contributed by atoms with Gasteiger partial charge in [0, 0.05) is 0 Å². The second-order valence-electron chi connectivity index (χ2n) is 2.87. The third-order valence-electron chi connectivity index (χ3n) is 1.91. The molecular weight excluding hydrogens is 222 g/mol. The van der Waals surface area contributed by atoms with Gasteiger partial charge in [-0.1, -0.05) is 0 Å². The van der Waals surface area contributed by atoms with Crippen LogP contribution in [0.3, 0.4) is 0 Å². The number of carboxylic acid groups (broad SMARTS) is 1. The molecule has 1 unspecified atom stereocenters. The normalized spacial score (nSPS) is 12.6. The number of hydrogen-bond acceptors (Lipinski definition) is 4. The van der Waals surface area contributed by atoms with Crippen molar-refractivity contribution < 1.29 is 9.90 Å². The summed E-state index contributed by atoms with van der Waals surface area (Å²) < 4.78 is 0.679. The van der Waals surface area contributed by atoms with Gasteiger partial charge in [-0.25, -0.2) is 29.1 Å². The van der Waals surface area contributed by atoms with Crippen molar-refractivity contribution in [2.75, 3.05) is 12.0 Å². The summed E-state index contributed by atoms with van der Waals surface area (Å²) in [6, 6.07) is -1.11. The monoisotopic (exact) mass is 233 g/mol. The smallest absolute Gasteiger partial charge is 0.345 e. The zero-order chi connectivity index (χ0) is 11.4. The highest BCUT2D eigenvalue weighted by Gasteiger charge is 2.23. The SMILES string of the molecule is CSCCC(C(=O)O)n1c(=O)[nH][nH]c1=O. The van der Waals surface area contributed by atoms with Crippen LogP contribution in [-0.4, -0.2) is 37.8 Å². The van der Waals surface area contributed by atoms with E-state index in [9.17, 15) is 14.4 Å². The third kappa shape index (κ3) is 2.52. The Labute approximate surface area is 88.5 Å². The Morgan fingerprint density at radius 2 is 2.00 bits per heavy atom. The molecule has 84 valence electrons. The van der Waals surface area contributed by atoms with Crippen LogP contribution in [0.25, 0.3) is 0 Å². The number of aromatic amines is 2. The zero-order valence-electron chi connectivity index (χ0n) is 8.02. The summed E-state index contributed by atoms with van der Waals surface area (Å²) in [6.07, 6.45) is 2.06. The number of aliphatic carboxylic acids is 1. The van der Waals surface area contributed by atoms with Crippen molar-refractivity contribution >= 4 is 17.7 Å². The van der Waals surface area contributed by atoms with E-state index in [0.29, 0.717) is 10.3 Å². The highest BCUT2D eigenvalue weighted by atomic mass is 32.2. The lowest BCUT2D eigenvalue weighted by molar-refractivity contribution is -0.141. The Kier molecular flexibility index (Phi) is 3.78. The number of nitrogens with one attached hydrogen (secondary N) is 2. The first-order valence-electron chi connectivity index (χ1n) is 4.19. The van der Waals surface area contributed by atoms with Crippen LogP contribution in [0.15, 0.2) is 9.59 Å². The van der Waals surface area contributed by atoms with Crippen molar-refractivity contribution in [1.29, 1.82) is 0 Å². The number of carbonyl (C=O) groups is 1. The average Bonchev–Trinajstić information content (AvgIpc) is 2.49. The van der Waals surface area contributed by atoms with Gasteiger partial charge in [0.1, 0.15) is 6.04 Å². The van der Waals surface area contributed by atoms with Crippen LogP contribution in [0.1, 0.15) is 12.5 Å². The quantitative estimate of drug-likeness (QED) is 0.619. The van der Waals surface area contributed by atoms with E-state index in [1.165, 1.54) is 11.8 Å². The molecule has 0 aliphatic carbocycles. The number of rotatable bonds is 5. The van der Waals surface area contributed by atoms with Gasteiger partial charge in [-0.05, 0) is 18.4 Å². The van der Waals surface area contributed by atoms with Crippen LogP contribution in [-0.2, 0) is 4.79 Å². The summed E-state index contributed by atoms with van der Waals surface area (Å²) in [5.74, 6) is -0.621. The van der Waals surface area contributed by atoms with Crippen LogP contribution < -0.4 is 11.4 Å². The molecule has 3 N–H and O–H groups in total. The predicted molar refractivity (Wildman–Crippen MR) is 55.3 cm³/mol. The fourth-order valence-corrected chi connectivity index (χ4v) is 1.65. The van der Waals surface area contributed by atoms with Gasteiger partial charge in [0.25, 0.3) is 0 Å². The molecule has 0 amide bonds. The fourth-order valence-electron chi connectivity index (χ4n) is 1.20. The number of aromatic nitrogens is 3. The molecule has 0 spiro atoms. The van der Waals surface area contributed by atoms with Crippen LogP contribution in [0.2, 0.25) is 0 Å². The first kappa shape index (κ1) is 11.6. The molecule has 0 saturated heterocycles. The van der Waals surface area contributed by atoms with Gasteiger partial charge in [0.05, 0.1) is 0 Å². The number of carboxylic acids is 1. The topological polar surface area (TPSA) is 108 Å². The molecule has 0 aliphatic heterocycles. The molecular formula is C7H11N3O4S. The van der Waals surface area contributed by atoms with Crippen molar-refractivity contribution in [2.45, 2.75) is 12.5 Å². The molecule has 0 aliphatic rings. The lowest BCUT2D eigenvalue weighted by Gasteiger charge is -2.09. The minimum Gasteiger partial charge on any atom is -0.480 e. The predicted octanol–water partition coefficient (Wildman–Crippen LogP) is -0.757. The second kappa shape index (κ2) is 4.87. The Morgan fingerprint density at radius 3 is 2.40 bits per heavy atom. The van der Waals surface area contributed by atoms with E-state index in [2.05, 4.69) is 0 Å². The molecule has 0 aromatic carbocycles. The minimum atomic E-state index is -1.18. The molecule has 15 heavy (non-hydrogen) atoms. The summed E-state index contributed by atoms with van der Waals surface area (Å²) in [6.45, 7) is 0. The molecule has 8 heteroatoms. The molecule has 0 bridgehead atoms. The average molecular weight is 233 g/mol. The highest BCUT2D eigenvalue weighted by molar-refractivity contribution is 7.98. The molecule has 1 aromatic heterocycles. The van der Waals surface area contributed by atoms with E-state index < -0.39 is 23.4 Å². The maximum atomic E-state index is 11.2. The molecule has 0 saturated carbocycles. The molecule has 1 rings (SSSR count). The molecule has 1 aromatic rings. The molecule has 7 nitrogen and oxygen atoms in total. The van der Waals surface area contributed by atoms with E-state index in [1.807, 2.05) is 16.5 Å². The Bertz CT molecular complexity index is 418. The van der Waals surface area contributed by atoms with Gasteiger partial charge in [0.2, 0.25) is 0 Å². The maximum Gasteiger partial charge on any atom is 0.345 e. The van der Waals surface area contributed by atoms with E-state index in [1.54, 1.807) is 0 Å². The van der Waals surface area contributed by atoms with Crippen LogP contribution in [0, 0.1) is 0 Å². The van der Waals surface area contributed by atoms with Crippen LogP contribution >= 0.6 is 11.8 Å². The van der Waals surface area contributed by atoms with Gasteiger partial charge in [-0.15, -0.1) is 0 Å². The Morgan fingerprint density at radius 1 is 1.47 bits per heavy atom. The van der Waals surface area contributed by atoms with Crippen molar-refractivity contribution in [3.8, 4) is 0 Å². The van der Waals surface area contributed by atoms with Crippen molar-refractivity contribution in [1.82, 2.24) is 14.8 Å². The summed E-state index contributed by atoms with van der Waals surface area (Å²) in [4.78, 5) is 33.2. The molecule has 1 heterocycles. The number of thioether (sulfide) groups is 1. The minimum absolute atomic E-state index is 0.233. The number of hydrogen-bond donors (Lipinski definition) is 3. The van der Waals surface area contributed by atoms with Crippen molar-refractivity contribution in [2.24, 2.45) is 0 Å². The van der Waals surface area contributed by atoms with Gasteiger partial charge >= 0.3 is 17.3 Å². The largest absolute Gasteiger partial charge is 0.480 e. The number of H-pyrrole nitrogens is 2. The van der Waals surface area contributed by atoms with Gasteiger partial charge in [-0.2, -0.15) is 11.8 Å². The van der Waals surface area contributed by atoms with Crippen LogP contribution in [0.5, 0.6) is 0 Å². The first-order valence-corrected chi connectivity index (χ1v) is 5.58. The van der Waals surface area contributed by atoms with E-state index in [-0.39, 0.29) is 6.42 Å². The summed E-state index contributed by atoms with van der Waals surface area (Å²) in [7, 11) is 0. The Hall–Kier alpha value is -1.44.